The molecule has 0 aliphatic heterocycles. The van der Waals surface area contributed by atoms with Crippen molar-refractivity contribution in [2.75, 3.05) is 6.61 Å². The average Bonchev–Trinajstić information content (AvgIpc) is 2.25. The van der Waals surface area contributed by atoms with Crippen molar-refractivity contribution >= 4 is 12.4 Å². The summed E-state index contributed by atoms with van der Waals surface area (Å²) in [7, 11) is 0. The van der Waals surface area contributed by atoms with Gasteiger partial charge in [-0.2, -0.15) is 22.0 Å². The van der Waals surface area contributed by atoms with Gasteiger partial charge in [-0.3, -0.25) is 4.98 Å². The van der Waals surface area contributed by atoms with E-state index in [0.29, 0.717) is 0 Å². The van der Waals surface area contributed by atoms with Crippen LogP contribution in [0.2, 0.25) is 0 Å². The van der Waals surface area contributed by atoms with Crippen LogP contribution in [0, 0.1) is 0 Å². The zero-order chi connectivity index (χ0) is 13.1. The summed E-state index contributed by atoms with van der Waals surface area (Å²) in [5.74, 6) is -5.09. The first kappa shape index (κ1) is 16.9. The maximum absolute atomic E-state index is 12.6. The molecule has 0 bridgehead atoms. The van der Waals surface area contributed by atoms with Crippen molar-refractivity contribution in [1.82, 2.24) is 4.98 Å². The van der Waals surface area contributed by atoms with Crippen LogP contribution in [0.3, 0.4) is 0 Å². The molecule has 0 saturated heterocycles. The molecule has 0 radical (unpaired) electrons. The number of alkyl halides is 5. The van der Waals surface area contributed by atoms with Crippen LogP contribution < -0.4 is 10.5 Å². The number of nitrogens with zero attached hydrogens (tertiary/aromatic N) is 1. The van der Waals surface area contributed by atoms with E-state index < -0.39 is 18.7 Å². The third-order valence-corrected chi connectivity index (χ3v) is 1.87. The predicted octanol–water partition coefficient (Wildman–Crippen LogP) is 2.54. The maximum atomic E-state index is 12.6. The van der Waals surface area contributed by atoms with E-state index in [1.54, 1.807) is 0 Å². The third kappa shape index (κ3) is 3.95. The van der Waals surface area contributed by atoms with Gasteiger partial charge in [0.15, 0.2) is 6.61 Å². The van der Waals surface area contributed by atoms with E-state index in [1.807, 2.05) is 0 Å². The van der Waals surface area contributed by atoms with Crippen molar-refractivity contribution in [2.24, 2.45) is 5.73 Å². The molecule has 18 heavy (non-hydrogen) atoms. The van der Waals surface area contributed by atoms with Crippen molar-refractivity contribution in [2.45, 2.75) is 18.6 Å². The molecule has 1 aromatic heterocycles. The maximum Gasteiger partial charge on any atom is 0.456 e. The molecule has 0 amide bonds. The Morgan fingerprint density at radius 3 is 2.33 bits per heavy atom. The quantitative estimate of drug-likeness (QED) is 0.868. The Hall–Kier alpha value is -1.15. The molecular formula is C9H10ClF5N2O. The normalized spacial score (nSPS) is 11.9. The van der Waals surface area contributed by atoms with Crippen molar-refractivity contribution in [3.63, 3.8) is 0 Å². The highest BCUT2D eigenvalue weighted by Crippen LogP contribution is 2.35. The fraction of sp³-hybridized carbons (Fsp3) is 0.444. The van der Waals surface area contributed by atoms with E-state index in [1.165, 1.54) is 18.3 Å². The molecule has 0 aliphatic carbocycles. The van der Waals surface area contributed by atoms with E-state index in [0.717, 1.165) is 0 Å². The Bertz CT molecular complexity index is 385. The van der Waals surface area contributed by atoms with Gasteiger partial charge in [0.2, 0.25) is 0 Å². The van der Waals surface area contributed by atoms with E-state index in [9.17, 15) is 22.0 Å². The highest BCUT2D eigenvalue weighted by atomic mass is 35.5. The van der Waals surface area contributed by atoms with E-state index in [2.05, 4.69) is 9.72 Å². The zero-order valence-electron chi connectivity index (χ0n) is 8.88. The summed E-state index contributed by atoms with van der Waals surface area (Å²) in [4.78, 5) is 3.68. The number of halogens is 6. The number of aromatic nitrogens is 1. The summed E-state index contributed by atoms with van der Waals surface area (Å²) < 4.78 is 65.1. The van der Waals surface area contributed by atoms with Gasteiger partial charge in [-0.1, -0.05) is 0 Å². The second-order valence-electron chi connectivity index (χ2n) is 3.14. The van der Waals surface area contributed by atoms with E-state index >= 15 is 0 Å². The molecule has 104 valence electrons. The van der Waals surface area contributed by atoms with Crippen LogP contribution in [0.5, 0.6) is 5.75 Å². The average molecular weight is 293 g/mol. The lowest BCUT2D eigenvalue weighted by Crippen LogP contribution is -2.41. The van der Waals surface area contributed by atoms with Crippen LogP contribution >= 0.6 is 12.4 Å². The van der Waals surface area contributed by atoms with Crippen molar-refractivity contribution in [3.05, 3.63) is 24.0 Å². The topological polar surface area (TPSA) is 48.1 Å². The van der Waals surface area contributed by atoms with Crippen LogP contribution in [0.15, 0.2) is 18.3 Å². The lowest BCUT2D eigenvalue weighted by atomic mass is 10.3. The molecule has 0 atom stereocenters. The number of rotatable bonds is 4. The number of pyridine rings is 1. The van der Waals surface area contributed by atoms with Crippen LogP contribution in [-0.2, 0) is 6.54 Å². The van der Waals surface area contributed by atoms with Gasteiger partial charge < -0.3 is 10.5 Å². The lowest BCUT2D eigenvalue weighted by Gasteiger charge is -2.20. The molecule has 2 N–H and O–H groups in total. The first-order chi connectivity index (χ1) is 7.78. The largest absolute Gasteiger partial charge is 0.485 e. The van der Waals surface area contributed by atoms with Gasteiger partial charge in [0, 0.05) is 12.7 Å². The minimum Gasteiger partial charge on any atom is -0.485 e. The Morgan fingerprint density at radius 1 is 1.22 bits per heavy atom. The summed E-state index contributed by atoms with van der Waals surface area (Å²) in [6.45, 7) is -1.91. The summed E-state index contributed by atoms with van der Waals surface area (Å²) in [6, 6.07) is 2.57. The fourth-order valence-electron chi connectivity index (χ4n) is 0.958. The molecule has 1 aromatic rings. The number of hydrogen-bond donors (Lipinski definition) is 1. The van der Waals surface area contributed by atoms with Gasteiger partial charge in [0.05, 0.1) is 5.69 Å². The molecule has 0 fully saturated rings. The molecule has 0 spiro atoms. The monoisotopic (exact) mass is 292 g/mol. The summed E-state index contributed by atoms with van der Waals surface area (Å²) >= 11 is 0. The highest BCUT2D eigenvalue weighted by Gasteiger charge is 2.58. The van der Waals surface area contributed by atoms with Gasteiger partial charge in [0.1, 0.15) is 5.75 Å². The molecule has 0 unspecified atom stereocenters. The van der Waals surface area contributed by atoms with Crippen LogP contribution in [0.25, 0.3) is 0 Å². The Morgan fingerprint density at radius 2 is 1.83 bits per heavy atom. The van der Waals surface area contributed by atoms with Crippen molar-refractivity contribution in [3.8, 4) is 5.75 Å². The van der Waals surface area contributed by atoms with Crippen molar-refractivity contribution in [1.29, 1.82) is 0 Å². The summed E-state index contributed by atoms with van der Waals surface area (Å²) in [5.41, 5.74) is 5.34. The van der Waals surface area contributed by atoms with Crippen molar-refractivity contribution < 1.29 is 26.7 Å². The second-order valence-corrected chi connectivity index (χ2v) is 3.14. The molecule has 0 aromatic carbocycles. The SMILES string of the molecule is Cl.NCc1ncccc1OCC(F)(F)C(F)(F)F. The molecule has 1 heterocycles. The Labute approximate surface area is 106 Å². The van der Waals surface area contributed by atoms with Crippen LogP contribution in [-0.4, -0.2) is 23.7 Å². The van der Waals surface area contributed by atoms with Gasteiger partial charge in [-0.15, -0.1) is 12.4 Å². The Balaban J connectivity index is 0.00000289. The van der Waals surface area contributed by atoms with E-state index in [-0.39, 0.29) is 30.4 Å². The number of hydrogen-bond acceptors (Lipinski definition) is 3. The molecule has 0 saturated carbocycles. The summed E-state index contributed by atoms with van der Waals surface area (Å²) in [6.07, 6.45) is -4.31. The first-order valence-corrected chi connectivity index (χ1v) is 4.49. The van der Waals surface area contributed by atoms with Crippen LogP contribution in [0.4, 0.5) is 22.0 Å². The number of ether oxygens (including phenoxy) is 1. The van der Waals surface area contributed by atoms with Gasteiger partial charge in [-0.05, 0) is 12.1 Å². The molecule has 1 rings (SSSR count). The highest BCUT2D eigenvalue weighted by molar-refractivity contribution is 5.85. The first-order valence-electron chi connectivity index (χ1n) is 4.49. The Kier molecular flexibility index (Phi) is 5.75. The smallest absolute Gasteiger partial charge is 0.456 e. The molecular weight excluding hydrogens is 283 g/mol. The third-order valence-electron chi connectivity index (χ3n) is 1.87. The molecule has 0 aliphatic rings. The predicted molar refractivity (Wildman–Crippen MR) is 55.9 cm³/mol. The van der Waals surface area contributed by atoms with Gasteiger partial charge in [0.25, 0.3) is 0 Å². The van der Waals surface area contributed by atoms with Gasteiger partial charge >= 0.3 is 12.1 Å². The minimum atomic E-state index is -5.64. The van der Waals surface area contributed by atoms with Crippen LogP contribution in [0.1, 0.15) is 5.69 Å². The standard InChI is InChI=1S/C9H9F5N2O.ClH/c10-8(11,9(12,13)14)5-17-7-2-1-3-16-6(7)4-15;/h1-3H,4-5,15H2;1H. The fourth-order valence-corrected chi connectivity index (χ4v) is 0.958. The molecule has 9 heteroatoms. The molecule has 3 nitrogen and oxygen atoms in total. The lowest BCUT2D eigenvalue weighted by molar-refractivity contribution is -0.290. The summed E-state index contributed by atoms with van der Waals surface area (Å²) in [5, 5.41) is 0. The zero-order valence-corrected chi connectivity index (χ0v) is 9.69. The second kappa shape index (κ2) is 6.14. The van der Waals surface area contributed by atoms with Gasteiger partial charge in [-0.25, -0.2) is 0 Å². The van der Waals surface area contributed by atoms with E-state index in [4.69, 9.17) is 5.73 Å². The minimum absolute atomic E-state index is 0. The number of nitrogens with two attached hydrogens (primary N) is 1.